The maximum Gasteiger partial charge on any atom is 0.248 e. The molecule has 0 bridgehead atoms. The van der Waals surface area contributed by atoms with Crippen LogP contribution in [0.1, 0.15) is 53.4 Å². The highest BCUT2D eigenvalue weighted by Gasteiger charge is 2.47. The van der Waals surface area contributed by atoms with Crippen LogP contribution < -0.4 is 5.32 Å². The van der Waals surface area contributed by atoms with Crippen molar-refractivity contribution in [3.63, 3.8) is 0 Å². The van der Waals surface area contributed by atoms with Crippen LogP contribution in [0.15, 0.2) is 0 Å². The zero-order chi connectivity index (χ0) is 15.6. The molecule has 120 valence electrons. The molecule has 2 aliphatic heterocycles. The van der Waals surface area contributed by atoms with Crippen molar-refractivity contribution >= 4 is 11.8 Å². The molecule has 2 aliphatic rings. The average Bonchev–Trinajstić information content (AvgIpc) is 2.47. The third-order valence-corrected chi connectivity index (χ3v) is 5.10. The van der Waals surface area contributed by atoms with E-state index in [0.717, 1.165) is 32.5 Å². The summed E-state index contributed by atoms with van der Waals surface area (Å²) in [5.41, 5.74) is -0.732. The Balaban J connectivity index is 2.10. The fraction of sp³-hybridized carbons (Fsp3) is 0.875. The Morgan fingerprint density at radius 1 is 1.24 bits per heavy atom. The van der Waals surface area contributed by atoms with Gasteiger partial charge in [-0.1, -0.05) is 13.8 Å². The SMILES string of the molecule is CCCN1CCC(N2C(=O)C(C)(CC)NC(=O)C2C)CC1. The number of carbonyl (C=O) groups excluding carboxylic acids is 2. The van der Waals surface area contributed by atoms with Crippen LogP contribution in [0.4, 0.5) is 0 Å². The number of nitrogens with zero attached hydrogens (tertiary/aromatic N) is 2. The van der Waals surface area contributed by atoms with Crippen LogP contribution >= 0.6 is 0 Å². The smallest absolute Gasteiger partial charge is 0.248 e. The number of hydrogen-bond donors (Lipinski definition) is 1. The molecule has 2 fully saturated rings. The van der Waals surface area contributed by atoms with E-state index < -0.39 is 5.54 Å². The molecule has 5 heteroatoms. The summed E-state index contributed by atoms with van der Waals surface area (Å²) in [5.74, 6) is 0.0704. The summed E-state index contributed by atoms with van der Waals surface area (Å²) in [4.78, 5) is 29.4. The van der Waals surface area contributed by atoms with E-state index in [2.05, 4.69) is 17.1 Å². The zero-order valence-corrected chi connectivity index (χ0v) is 13.8. The second kappa shape index (κ2) is 6.34. The Kier molecular flexibility index (Phi) is 4.91. The maximum atomic E-state index is 12.8. The van der Waals surface area contributed by atoms with Crippen molar-refractivity contribution in [1.29, 1.82) is 0 Å². The van der Waals surface area contributed by atoms with Crippen LogP contribution in [0.3, 0.4) is 0 Å². The van der Waals surface area contributed by atoms with Gasteiger partial charge in [0.25, 0.3) is 0 Å². The summed E-state index contributed by atoms with van der Waals surface area (Å²) in [6.07, 6.45) is 3.75. The topological polar surface area (TPSA) is 52.6 Å². The molecule has 2 amide bonds. The lowest BCUT2D eigenvalue weighted by Crippen LogP contribution is -2.70. The average molecular weight is 295 g/mol. The molecule has 2 saturated heterocycles. The molecule has 2 atom stereocenters. The third kappa shape index (κ3) is 3.07. The van der Waals surface area contributed by atoms with Gasteiger partial charge in [-0.15, -0.1) is 0 Å². The van der Waals surface area contributed by atoms with Crippen LogP contribution in [-0.2, 0) is 9.59 Å². The molecule has 2 heterocycles. The van der Waals surface area contributed by atoms with E-state index in [1.165, 1.54) is 6.42 Å². The highest BCUT2D eigenvalue weighted by molar-refractivity contribution is 5.99. The summed E-state index contributed by atoms with van der Waals surface area (Å²) in [5, 5.41) is 2.90. The summed E-state index contributed by atoms with van der Waals surface area (Å²) in [6.45, 7) is 11.0. The molecule has 2 unspecified atom stereocenters. The molecular formula is C16H29N3O2. The van der Waals surface area contributed by atoms with Gasteiger partial charge in [0, 0.05) is 19.1 Å². The lowest BCUT2D eigenvalue weighted by atomic mass is 9.89. The molecule has 2 rings (SSSR count). The van der Waals surface area contributed by atoms with Crippen LogP contribution in [0, 0.1) is 0 Å². The molecule has 0 aromatic heterocycles. The van der Waals surface area contributed by atoms with Crippen molar-refractivity contribution in [2.75, 3.05) is 19.6 Å². The Bertz CT molecular complexity index is 404. The molecule has 0 aromatic carbocycles. The van der Waals surface area contributed by atoms with Gasteiger partial charge in [0.1, 0.15) is 11.6 Å². The summed E-state index contributed by atoms with van der Waals surface area (Å²) in [6, 6.07) is -0.141. The number of piperazine rings is 1. The summed E-state index contributed by atoms with van der Waals surface area (Å²) in [7, 11) is 0. The minimum absolute atomic E-state index is 0.0186. The highest BCUT2D eigenvalue weighted by Crippen LogP contribution is 2.27. The van der Waals surface area contributed by atoms with E-state index in [1.54, 1.807) is 0 Å². The van der Waals surface area contributed by atoms with E-state index in [-0.39, 0.29) is 23.9 Å². The fourth-order valence-corrected chi connectivity index (χ4v) is 3.48. The number of nitrogens with one attached hydrogen (secondary N) is 1. The van der Waals surface area contributed by atoms with Crippen molar-refractivity contribution in [2.24, 2.45) is 0 Å². The summed E-state index contributed by atoms with van der Waals surface area (Å²) < 4.78 is 0. The number of rotatable bonds is 4. The van der Waals surface area contributed by atoms with Crippen molar-refractivity contribution in [2.45, 2.75) is 71.0 Å². The third-order valence-electron chi connectivity index (χ3n) is 5.10. The zero-order valence-electron chi connectivity index (χ0n) is 13.8. The first-order valence-electron chi connectivity index (χ1n) is 8.30. The molecule has 0 aromatic rings. The van der Waals surface area contributed by atoms with Crippen LogP contribution in [0.2, 0.25) is 0 Å². The summed E-state index contributed by atoms with van der Waals surface area (Å²) >= 11 is 0. The monoisotopic (exact) mass is 295 g/mol. The molecule has 21 heavy (non-hydrogen) atoms. The molecule has 0 saturated carbocycles. The van der Waals surface area contributed by atoms with Gasteiger partial charge >= 0.3 is 0 Å². The van der Waals surface area contributed by atoms with Crippen LogP contribution in [0.25, 0.3) is 0 Å². The number of likely N-dealkylation sites (tertiary alicyclic amines) is 1. The van der Waals surface area contributed by atoms with E-state index in [0.29, 0.717) is 6.42 Å². The molecule has 0 spiro atoms. The van der Waals surface area contributed by atoms with Gasteiger partial charge in [0.2, 0.25) is 11.8 Å². The largest absolute Gasteiger partial charge is 0.340 e. The standard InChI is InChI=1S/C16H29N3O2/c1-5-9-18-10-7-13(8-11-18)19-12(3)14(20)17-16(4,6-2)15(19)21/h12-13H,5-11H2,1-4H3,(H,17,20). The first-order valence-corrected chi connectivity index (χ1v) is 8.30. The van der Waals surface area contributed by atoms with E-state index in [9.17, 15) is 9.59 Å². The Morgan fingerprint density at radius 2 is 1.86 bits per heavy atom. The minimum Gasteiger partial charge on any atom is -0.340 e. The first-order chi connectivity index (χ1) is 9.92. The molecule has 5 nitrogen and oxygen atoms in total. The van der Waals surface area contributed by atoms with E-state index >= 15 is 0 Å². The number of piperidine rings is 1. The molecule has 0 aliphatic carbocycles. The van der Waals surface area contributed by atoms with Gasteiger partial charge in [-0.3, -0.25) is 9.59 Å². The van der Waals surface area contributed by atoms with Crippen molar-refractivity contribution in [3.05, 3.63) is 0 Å². The highest BCUT2D eigenvalue weighted by atomic mass is 16.2. The Morgan fingerprint density at radius 3 is 2.38 bits per heavy atom. The van der Waals surface area contributed by atoms with Crippen molar-refractivity contribution in [3.8, 4) is 0 Å². The minimum atomic E-state index is -0.732. The predicted octanol–water partition coefficient (Wildman–Crippen LogP) is 1.38. The molecule has 1 N–H and O–H groups in total. The second-order valence-electron chi connectivity index (χ2n) is 6.64. The number of hydrogen-bond acceptors (Lipinski definition) is 3. The quantitative estimate of drug-likeness (QED) is 0.852. The predicted molar refractivity (Wildman–Crippen MR) is 82.9 cm³/mol. The van der Waals surface area contributed by atoms with Crippen molar-refractivity contribution in [1.82, 2.24) is 15.1 Å². The fourth-order valence-electron chi connectivity index (χ4n) is 3.48. The number of carbonyl (C=O) groups is 2. The first kappa shape index (κ1) is 16.3. The van der Waals surface area contributed by atoms with Gasteiger partial charge in [-0.2, -0.15) is 0 Å². The Labute approximate surface area is 128 Å². The lowest BCUT2D eigenvalue weighted by Gasteiger charge is -2.48. The molecular weight excluding hydrogens is 266 g/mol. The van der Waals surface area contributed by atoms with Gasteiger partial charge < -0.3 is 15.1 Å². The Hall–Kier alpha value is -1.10. The van der Waals surface area contributed by atoms with E-state index in [4.69, 9.17) is 0 Å². The van der Waals surface area contributed by atoms with E-state index in [1.807, 2.05) is 25.7 Å². The van der Waals surface area contributed by atoms with Crippen LogP contribution in [-0.4, -0.2) is 58.9 Å². The number of amides is 2. The van der Waals surface area contributed by atoms with Gasteiger partial charge in [-0.25, -0.2) is 0 Å². The van der Waals surface area contributed by atoms with Gasteiger partial charge in [-0.05, 0) is 46.1 Å². The van der Waals surface area contributed by atoms with Crippen LogP contribution in [0.5, 0.6) is 0 Å². The second-order valence-corrected chi connectivity index (χ2v) is 6.64. The van der Waals surface area contributed by atoms with Gasteiger partial charge in [0.05, 0.1) is 0 Å². The normalized spacial score (nSPS) is 32.4. The lowest BCUT2D eigenvalue weighted by molar-refractivity contribution is -0.157. The molecule has 0 radical (unpaired) electrons. The van der Waals surface area contributed by atoms with Crippen molar-refractivity contribution < 1.29 is 9.59 Å². The van der Waals surface area contributed by atoms with Gasteiger partial charge in [0.15, 0.2) is 0 Å². The maximum absolute atomic E-state index is 12.8.